The standard InChI is InChI=1S/C63H75N3O11/c1-59(2,3)74-51(68)30-28-45(38-67)64-56(69)48(34-39-17-11-8-12-18-39)65(7)58(71)62-36-49-52-53(76-63(75-52,43-19-13-9-14-20-43)44-21-15-10-16-22-44)55(62)77-66(54(62)57(70)72-49)37-41-25-23-40(24-26-41)33-42-27-29-50-61(6,73-50)32-31-47-46(42)35-60(47,4)5/h8-26,33,45-50,52-55,67H,27-32,34-38H2,1-7H3,(H,64,69). The SMILES string of the molecule is CN(C(=O)C12CC3OC(=O)C1N(Cc1ccc(C=C4CCC5OC5(C)CCC5C4CC5(C)C)cc1)OC2C1OC(c2ccccc2)(c2ccccc2)OC31)C(Cc1ccccc1)C(=O)NC(CO)CCC(=O)OC(C)(C)C. The zero-order valence-electron chi connectivity index (χ0n) is 45.5. The number of carbonyl (C=O) groups is 4. The molecule has 2 bridgehead atoms. The second kappa shape index (κ2) is 20.5. The number of ether oxygens (including phenoxy) is 5. The highest BCUT2D eigenvalue weighted by atomic mass is 16.8. The van der Waals surface area contributed by atoms with E-state index in [2.05, 4.69) is 56.4 Å². The first-order chi connectivity index (χ1) is 36.8. The molecule has 0 aromatic heterocycles. The molecule has 7 fully saturated rings. The van der Waals surface area contributed by atoms with Crippen molar-refractivity contribution in [3.05, 3.63) is 149 Å². The zero-order valence-corrected chi connectivity index (χ0v) is 45.5. The van der Waals surface area contributed by atoms with Crippen LogP contribution in [0.15, 0.2) is 121 Å². The van der Waals surface area contributed by atoms with E-state index in [-0.39, 0.29) is 37.8 Å². The van der Waals surface area contributed by atoms with Crippen LogP contribution >= 0.6 is 0 Å². The summed E-state index contributed by atoms with van der Waals surface area (Å²) < 4.78 is 32.6. The number of aliphatic hydroxyl groups excluding tert-OH is 1. The van der Waals surface area contributed by atoms with Gasteiger partial charge in [0.1, 0.15) is 41.5 Å². The van der Waals surface area contributed by atoms with Crippen LogP contribution in [-0.4, -0.2) is 112 Å². The van der Waals surface area contributed by atoms with Crippen molar-refractivity contribution in [2.24, 2.45) is 22.7 Å². The Morgan fingerprint density at radius 2 is 1.49 bits per heavy atom. The number of epoxide rings is 1. The smallest absolute Gasteiger partial charge is 0.327 e. The minimum atomic E-state index is -1.62. The topological polar surface area (TPSA) is 166 Å². The third kappa shape index (κ3) is 10.1. The summed E-state index contributed by atoms with van der Waals surface area (Å²) in [6.07, 6.45) is 4.60. The molecule has 2 N–H and O–H groups in total. The number of aliphatic hydroxyl groups is 1. The van der Waals surface area contributed by atoms with Crippen molar-refractivity contribution in [3.63, 3.8) is 0 Å². The molecule has 7 aliphatic rings. The Morgan fingerprint density at radius 1 is 0.844 bits per heavy atom. The molecule has 12 unspecified atom stereocenters. The maximum Gasteiger partial charge on any atom is 0.327 e. The van der Waals surface area contributed by atoms with E-state index in [1.165, 1.54) is 23.3 Å². The van der Waals surface area contributed by atoms with E-state index in [4.69, 9.17) is 28.5 Å². The molecule has 4 heterocycles. The number of likely N-dealkylation sites (N-methyl/N-ethyl adjacent to an activating group) is 1. The number of hydrogen-bond donors (Lipinski definition) is 2. The molecule has 11 rings (SSSR count). The molecule has 12 atom stereocenters. The lowest BCUT2D eigenvalue weighted by Crippen LogP contribution is -2.70. The van der Waals surface area contributed by atoms with Gasteiger partial charge in [0.15, 0.2) is 6.04 Å². The van der Waals surface area contributed by atoms with Gasteiger partial charge in [0.05, 0.1) is 30.9 Å². The third-order valence-corrected chi connectivity index (χ3v) is 18.0. The molecule has 0 radical (unpaired) electrons. The second-order valence-corrected chi connectivity index (χ2v) is 24.7. The Labute approximate surface area is 452 Å². The van der Waals surface area contributed by atoms with E-state index in [1.807, 2.05) is 91.0 Å². The molecule has 4 aromatic rings. The Bertz CT molecular complexity index is 2820. The van der Waals surface area contributed by atoms with Crippen molar-refractivity contribution in [2.45, 2.75) is 172 Å². The van der Waals surface area contributed by atoms with Crippen molar-refractivity contribution in [1.82, 2.24) is 15.3 Å². The van der Waals surface area contributed by atoms with E-state index in [0.29, 0.717) is 23.4 Å². The maximum absolute atomic E-state index is 16.2. The predicted molar refractivity (Wildman–Crippen MR) is 287 cm³/mol. The summed E-state index contributed by atoms with van der Waals surface area (Å²) in [5, 5.41) is 15.1. The molecule has 14 heteroatoms. The van der Waals surface area contributed by atoms with Gasteiger partial charge in [0.25, 0.3) is 0 Å². The summed E-state index contributed by atoms with van der Waals surface area (Å²) in [6, 6.07) is 33.8. The highest BCUT2D eigenvalue weighted by Gasteiger charge is 2.77. The average Bonchev–Trinajstić information content (AvgIpc) is 3.77. The molecule has 408 valence electrons. The molecule has 14 nitrogen and oxygen atoms in total. The molecular formula is C63H75N3O11. The van der Waals surface area contributed by atoms with Crippen molar-refractivity contribution < 1.29 is 52.8 Å². The van der Waals surface area contributed by atoms with Gasteiger partial charge in [-0.05, 0) is 100 Å². The summed E-state index contributed by atoms with van der Waals surface area (Å²) in [4.78, 5) is 67.3. The Hall–Kier alpha value is -5.74. The predicted octanol–water partition coefficient (Wildman–Crippen LogP) is 8.62. The fourth-order valence-electron chi connectivity index (χ4n) is 13.9. The highest BCUT2D eigenvalue weighted by molar-refractivity contribution is 5.96. The molecular weight excluding hydrogens is 975 g/mol. The van der Waals surface area contributed by atoms with Crippen LogP contribution in [0.25, 0.3) is 6.08 Å². The third-order valence-electron chi connectivity index (χ3n) is 18.0. The van der Waals surface area contributed by atoms with Gasteiger partial charge in [-0.25, -0.2) is 0 Å². The monoisotopic (exact) mass is 1050 g/mol. The zero-order chi connectivity index (χ0) is 54.1. The number of benzene rings is 4. The van der Waals surface area contributed by atoms with Gasteiger partial charge in [-0.3, -0.25) is 24.0 Å². The van der Waals surface area contributed by atoms with Crippen LogP contribution in [0.5, 0.6) is 0 Å². The highest BCUT2D eigenvalue weighted by Crippen LogP contribution is 2.61. The number of hydroxylamine groups is 2. The number of hydrogen-bond acceptors (Lipinski definition) is 12. The van der Waals surface area contributed by atoms with Crippen LogP contribution in [0.3, 0.4) is 0 Å². The van der Waals surface area contributed by atoms with Crippen molar-refractivity contribution in [1.29, 1.82) is 0 Å². The van der Waals surface area contributed by atoms with Gasteiger partial charge in [-0.1, -0.05) is 141 Å². The van der Waals surface area contributed by atoms with Crippen LogP contribution in [0.2, 0.25) is 0 Å². The van der Waals surface area contributed by atoms with E-state index >= 15 is 9.59 Å². The minimum absolute atomic E-state index is 0.00542. The molecule has 3 saturated carbocycles. The van der Waals surface area contributed by atoms with E-state index in [0.717, 1.165) is 47.1 Å². The number of nitrogens with one attached hydrogen (secondary N) is 1. The normalized spacial score (nSPS) is 31.8. The molecule has 3 aliphatic carbocycles. The molecule has 2 amide bonds. The van der Waals surface area contributed by atoms with E-state index < -0.39 is 89.7 Å². The van der Waals surface area contributed by atoms with Gasteiger partial charge in [-0.15, -0.1) is 0 Å². The quantitative estimate of drug-likeness (QED) is 0.0862. The van der Waals surface area contributed by atoms with Crippen LogP contribution in [0, 0.1) is 22.7 Å². The number of rotatable bonds is 15. The lowest BCUT2D eigenvalue weighted by molar-refractivity contribution is -0.214. The molecule has 4 saturated heterocycles. The lowest BCUT2D eigenvalue weighted by atomic mass is 9.52. The maximum atomic E-state index is 16.2. The van der Waals surface area contributed by atoms with Crippen molar-refractivity contribution >= 4 is 29.8 Å². The first kappa shape index (κ1) is 53.3. The molecule has 4 aromatic carbocycles. The Kier molecular flexibility index (Phi) is 14.2. The number of allylic oxidation sites excluding steroid dienone is 1. The first-order valence-electron chi connectivity index (χ1n) is 27.8. The molecule has 77 heavy (non-hydrogen) atoms. The van der Waals surface area contributed by atoms with E-state index in [9.17, 15) is 14.7 Å². The number of amides is 2. The van der Waals surface area contributed by atoms with Crippen LogP contribution < -0.4 is 5.32 Å². The van der Waals surface area contributed by atoms with Gasteiger partial charge in [-0.2, -0.15) is 5.06 Å². The summed E-state index contributed by atoms with van der Waals surface area (Å²) in [6.45, 7) is 12.1. The number of nitrogens with zero attached hydrogens (tertiary/aromatic N) is 2. The second-order valence-electron chi connectivity index (χ2n) is 24.7. The summed E-state index contributed by atoms with van der Waals surface area (Å²) in [5.74, 6) is -2.42. The van der Waals surface area contributed by atoms with Gasteiger partial charge < -0.3 is 39.0 Å². The fourth-order valence-corrected chi connectivity index (χ4v) is 13.9. The van der Waals surface area contributed by atoms with Gasteiger partial charge in [0, 0.05) is 37.4 Å². The minimum Gasteiger partial charge on any atom is -0.460 e. The van der Waals surface area contributed by atoms with Crippen molar-refractivity contribution in [2.75, 3.05) is 13.7 Å². The average molecular weight is 1050 g/mol. The summed E-state index contributed by atoms with van der Waals surface area (Å²) in [7, 11) is 1.59. The molecule has 0 spiro atoms. The number of carbonyl (C=O) groups excluding carboxylic acids is 4. The molecule has 4 aliphatic heterocycles. The van der Waals surface area contributed by atoms with Crippen LogP contribution in [0.4, 0.5) is 0 Å². The van der Waals surface area contributed by atoms with Crippen LogP contribution in [-0.2, 0) is 66.5 Å². The summed E-state index contributed by atoms with van der Waals surface area (Å²) >= 11 is 0. The largest absolute Gasteiger partial charge is 0.460 e. The first-order valence-corrected chi connectivity index (χ1v) is 27.8. The Balaban J connectivity index is 0.928. The van der Waals surface area contributed by atoms with Crippen LogP contribution in [0.1, 0.15) is 121 Å². The number of esters is 2. The van der Waals surface area contributed by atoms with Gasteiger partial charge >= 0.3 is 11.9 Å². The van der Waals surface area contributed by atoms with Crippen molar-refractivity contribution in [3.8, 4) is 0 Å². The fraction of sp³-hybridized carbons (Fsp3) is 0.524. The lowest BCUT2D eigenvalue weighted by Gasteiger charge is -2.53. The van der Waals surface area contributed by atoms with Gasteiger partial charge in [0.2, 0.25) is 17.6 Å². The Morgan fingerprint density at radius 3 is 2.13 bits per heavy atom. The number of fused-ring (bicyclic) bond motifs is 6. The van der Waals surface area contributed by atoms with E-state index in [1.54, 1.807) is 32.9 Å². The summed E-state index contributed by atoms with van der Waals surface area (Å²) in [5.41, 5.74) is 3.64.